The van der Waals surface area contributed by atoms with Gasteiger partial charge in [0.2, 0.25) is 5.91 Å². The van der Waals surface area contributed by atoms with Crippen LogP contribution in [0, 0.1) is 28.6 Å². The maximum absolute atomic E-state index is 11.2. The summed E-state index contributed by atoms with van der Waals surface area (Å²) in [7, 11) is 0. The first-order chi connectivity index (χ1) is 6.11. The molecule has 2 N–H and O–H groups in total. The Bertz CT molecular complexity index is 362. The molecule has 0 aromatic carbocycles. The Morgan fingerprint density at radius 3 is 2.77 bits per heavy atom. The van der Waals surface area contributed by atoms with Crippen LogP contribution in [0.5, 0.6) is 0 Å². The number of hydrogen-bond donors (Lipinski definition) is 2. The normalized spacial score (nSPS) is 27.5. The molecule has 1 aliphatic heterocycles. The van der Waals surface area contributed by atoms with E-state index in [0.717, 1.165) is 0 Å². The highest BCUT2D eigenvalue weighted by atomic mass is 32.1. The molecule has 66 valence electrons. The van der Waals surface area contributed by atoms with Crippen LogP contribution >= 0.6 is 12.2 Å². The molecule has 0 aromatic rings. The number of carbonyl (C=O) groups is 1. The highest BCUT2D eigenvalue weighted by molar-refractivity contribution is 7.80. The first-order valence-electron chi connectivity index (χ1n) is 3.66. The predicted molar refractivity (Wildman–Crippen MR) is 50.2 cm³/mol. The Hall–Kier alpha value is -1.50. The van der Waals surface area contributed by atoms with Crippen LogP contribution in [0.25, 0.3) is 0 Å². The van der Waals surface area contributed by atoms with Gasteiger partial charge in [-0.05, 0) is 5.87 Å². The molecular weight excluding hydrogens is 186 g/mol. The predicted octanol–water partition coefficient (Wildman–Crippen LogP) is 0.394. The van der Waals surface area contributed by atoms with Crippen molar-refractivity contribution in [3.8, 4) is 6.07 Å². The van der Waals surface area contributed by atoms with Crippen molar-refractivity contribution in [3.63, 3.8) is 0 Å². The summed E-state index contributed by atoms with van der Waals surface area (Å²) >= 11 is 4.82. The first kappa shape index (κ1) is 9.59. The van der Waals surface area contributed by atoms with Crippen LogP contribution < -0.4 is 5.32 Å². The average molecular weight is 193 g/mol. The molecule has 0 aromatic heterocycles. The van der Waals surface area contributed by atoms with E-state index in [0.29, 0.717) is 5.57 Å². The number of hydrogen-bond acceptors (Lipinski definition) is 4. The summed E-state index contributed by atoms with van der Waals surface area (Å²) in [5.41, 5.74) is 0.418. The first-order valence-corrected chi connectivity index (χ1v) is 4.07. The Morgan fingerprint density at radius 2 is 2.31 bits per heavy atom. The third-order valence-electron chi connectivity index (χ3n) is 1.99. The maximum atomic E-state index is 11.2. The second kappa shape index (κ2) is 3.48. The molecular formula is C8H7N3OS. The summed E-state index contributed by atoms with van der Waals surface area (Å²) in [5.74, 6) is 0.650. The van der Waals surface area contributed by atoms with Crippen LogP contribution in [0.4, 0.5) is 0 Å². The van der Waals surface area contributed by atoms with Gasteiger partial charge in [0, 0.05) is 5.92 Å². The van der Waals surface area contributed by atoms with Crippen molar-refractivity contribution in [1.82, 2.24) is 5.32 Å². The van der Waals surface area contributed by atoms with E-state index >= 15 is 0 Å². The fourth-order valence-corrected chi connectivity index (χ4v) is 1.54. The number of carbonyl (C=O) groups excluding carboxylic acids is 1. The number of nitriles is 1. The molecule has 2 atom stereocenters. The maximum Gasteiger partial charge on any atom is 0.243 e. The zero-order valence-corrected chi connectivity index (χ0v) is 7.73. The van der Waals surface area contributed by atoms with Gasteiger partial charge in [-0.3, -0.25) is 10.2 Å². The van der Waals surface area contributed by atoms with Gasteiger partial charge in [-0.1, -0.05) is 19.1 Å². The summed E-state index contributed by atoms with van der Waals surface area (Å²) in [4.78, 5) is 11.4. The van der Waals surface area contributed by atoms with Crippen molar-refractivity contribution in [2.75, 3.05) is 0 Å². The summed E-state index contributed by atoms with van der Waals surface area (Å²) in [6.07, 6.45) is 0. The Kier molecular flexibility index (Phi) is 2.57. The molecule has 5 heteroatoms. The van der Waals surface area contributed by atoms with Crippen molar-refractivity contribution >= 4 is 29.0 Å². The van der Waals surface area contributed by atoms with E-state index < -0.39 is 5.92 Å². The van der Waals surface area contributed by atoms with Crippen molar-refractivity contribution in [2.45, 2.75) is 6.92 Å². The molecule has 4 nitrogen and oxygen atoms in total. The number of amides is 1. The number of nitrogens with one attached hydrogen (secondary N) is 2. The van der Waals surface area contributed by atoms with E-state index in [-0.39, 0.29) is 16.8 Å². The SMILES string of the molecule is CC1C(=C=N)C(=S)NC(=O)C1C#N. The second-order valence-corrected chi connectivity index (χ2v) is 3.16. The molecule has 2 unspecified atom stereocenters. The minimum Gasteiger partial charge on any atom is -0.315 e. The number of piperidine rings is 1. The van der Waals surface area contributed by atoms with Gasteiger partial charge < -0.3 is 5.32 Å². The molecule has 0 aliphatic carbocycles. The van der Waals surface area contributed by atoms with Gasteiger partial charge in [0.15, 0.2) is 0 Å². The van der Waals surface area contributed by atoms with Gasteiger partial charge in [0.1, 0.15) is 10.9 Å². The molecule has 1 fully saturated rings. The molecule has 0 saturated carbocycles. The van der Waals surface area contributed by atoms with Crippen LogP contribution in [0.2, 0.25) is 0 Å². The molecule has 1 rings (SSSR count). The molecule has 0 radical (unpaired) electrons. The minimum absolute atomic E-state index is 0.207. The van der Waals surface area contributed by atoms with E-state index in [1.54, 1.807) is 6.92 Å². The summed E-state index contributed by atoms with van der Waals surface area (Å²) in [6, 6.07) is 1.87. The lowest BCUT2D eigenvalue weighted by molar-refractivity contribution is -0.123. The Morgan fingerprint density at radius 1 is 1.69 bits per heavy atom. The Balaban J connectivity index is 3.10. The van der Waals surface area contributed by atoms with Gasteiger partial charge >= 0.3 is 0 Å². The third kappa shape index (κ3) is 1.50. The smallest absolute Gasteiger partial charge is 0.243 e. The Labute approximate surface area is 80.7 Å². The van der Waals surface area contributed by atoms with E-state index in [1.807, 2.05) is 6.07 Å². The van der Waals surface area contributed by atoms with Crippen molar-refractivity contribution < 1.29 is 4.79 Å². The van der Waals surface area contributed by atoms with Crippen LogP contribution in [0.3, 0.4) is 0 Å². The third-order valence-corrected chi connectivity index (χ3v) is 2.31. The molecule has 13 heavy (non-hydrogen) atoms. The van der Waals surface area contributed by atoms with E-state index in [4.69, 9.17) is 22.9 Å². The van der Waals surface area contributed by atoms with Gasteiger partial charge in [-0.15, -0.1) is 0 Å². The van der Waals surface area contributed by atoms with E-state index in [1.165, 1.54) is 0 Å². The van der Waals surface area contributed by atoms with E-state index in [9.17, 15) is 4.79 Å². The second-order valence-electron chi connectivity index (χ2n) is 2.75. The van der Waals surface area contributed by atoms with Crippen molar-refractivity contribution in [2.24, 2.45) is 11.8 Å². The number of nitrogens with zero attached hydrogens (tertiary/aromatic N) is 1. The lowest BCUT2D eigenvalue weighted by Gasteiger charge is -2.24. The van der Waals surface area contributed by atoms with Crippen LogP contribution in [-0.2, 0) is 4.79 Å². The largest absolute Gasteiger partial charge is 0.315 e. The van der Waals surface area contributed by atoms with E-state index in [2.05, 4.69) is 11.2 Å². The highest BCUT2D eigenvalue weighted by Gasteiger charge is 2.35. The fourth-order valence-electron chi connectivity index (χ4n) is 1.20. The van der Waals surface area contributed by atoms with Crippen LogP contribution in [0.1, 0.15) is 6.92 Å². The lowest BCUT2D eigenvalue weighted by Crippen LogP contribution is -2.45. The van der Waals surface area contributed by atoms with Crippen molar-refractivity contribution in [3.05, 3.63) is 5.57 Å². The molecule has 1 aliphatic rings. The molecule has 1 heterocycles. The van der Waals surface area contributed by atoms with Crippen molar-refractivity contribution in [1.29, 1.82) is 10.7 Å². The number of rotatable bonds is 0. The zero-order valence-electron chi connectivity index (χ0n) is 6.92. The molecule has 0 bridgehead atoms. The summed E-state index contributed by atoms with van der Waals surface area (Å²) < 4.78 is 0. The van der Waals surface area contributed by atoms with Gasteiger partial charge in [0.05, 0.1) is 11.6 Å². The topological polar surface area (TPSA) is 76.7 Å². The fraction of sp³-hybridized carbons (Fsp3) is 0.375. The number of thiocarbonyl (C=S) groups is 1. The standard InChI is InChI=1S/C8H7N3OS/c1-4-5(2-9)7(12)11-8(13)6(4)3-10/h4-5,10H,1H3,(H,11,12,13). The minimum atomic E-state index is -0.764. The quantitative estimate of drug-likeness (QED) is 0.332. The molecule has 0 spiro atoms. The van der Waals surface area contributed by atoms with Crippen LogP contribution in [0.15, 0.2) is 5.57 Å². The summed E-state index contributed by atoms with van der Waals surface area (Å²) in [6.45, 7) is 1.69. The van der Waals surface area contributed by atoms with Crippen LogP contribution in [-0.4, -0.2) is 16.8 Å². The molecule has 1 amide bonds. The van der Waals surface area contributed by atoms with Gasteiger partial charge in [-0.2, -0.15) is 5.26 Å². The highest BCUT2D eigenvalue weighted by Crippen LogP contribution is 2.23. The zero-order chi connectivity index (χ0) is 10.0. The summed E-state index contributed by atoms with van der Waals surface area (Å²) in [5, 5.41) is 18.0. The van der Waals surface area contributed by atoms with Gasteiger partial charge in [-0.25, -0.2) is 0 Å². The lowest BCUT2D eigenvalue weighted by atomic mass is 9.85. The monoisotopic (exact) mass is 193 g/mol. The molecule has 1 saturated heterocycles. The van der Waals surface area contributed by atoms with Gasteiger partial charge in [0.25, 0.3) is 0 Å². The average Bonchev–Trinajstić information content (AvgIpc) is 2.04.